The molecule has 0 saturated carbocycles. The lowest BCUT2D eigenvalue weighted by molar-refractivity contribution is 0.322. The van der Waals surface area contributed by atoms with Crippen LogP contribution in [0.2, 0.25) is 5.02 Å². The van der Waals surface area contributed by atoms with Gasteiger partial charge in [0.05, 0.1) is 22.8 Å². The van der Waals surface area contributed by atoms with Crippen LogP contribution in [0.25, 0.3) is 0 Å². The zero-order valence-corrected chi connectivity index (χ0v) is 11.4. The van der Waals surface area contributed by atoms with Crippen molar-refractivity contribution in [3.8, 4) is 11.8 Å². The normalized spacial score (nSPS) is 10.1. The van der Waals surface area contributed by atoms with Crippen LogP contribution in [0.15, 0.2) is 23.7 Å². The molecule has 0 bridgehead atoms. The summed E-state index contributed by atoms with van der Waals surface area (Å²) in [7, 11) is 0. The summed E-state index contributed by atoms with van der Waals surface area (Å²) in [6.45, 7) is 2.49. The Kier molecular flexibility index (Phi) is 4.19. The highest BCUT2D eigenvalue weighted by molar-refractivity contribution is 7.09. The van der Waals surface area contributed by atoms with Gasteiger partial charge in [0.2, 0.25) is 0 Å². The van der Waals surface area contributed by atoms with Crippen molar-refractivity contribution >= 4 is 22.9 Å². The smallest absolute Gasteiger partial charge is 0.138 e. The molecule has 0 spiro atoms. The van der Waals surface area contributed by atoms with E-state index < -0.39 is 0 Å². The number of benzene rings is 1. The van der Waals surface area contributed by atoms with Gasteiger partial charge in [-0.3, -0.25) is 0 Å². The second-order valence-electron chi connectivity index (χ2n) is 3.68. The number of hydrogen-bond acceptors (Lipinski definition) is 4. The Labute approximate surface area is 115 Å². The molecule has 18 heavy (non-hydrogen) atoms. The molecule has 0 saturated heterocycles. The molecule has 0 atom stereocenters. The van der Waals surface area contributed by atoms with Crippen molar-refractivity contribution < 1.29 is 4.74 Å². The van der Waals surface area contributed by atoms with Gasteiger partial charge in [-0.2, -0.15) is 5.26 Å². The van der Waals surface area contributed by atoms with Gasteiger partial charge in [-0.1, -0.05) is 17.7 Å². The van der Waals surface area contributed by atoms with E-state index in [1.165, 1.54) is 4.88 Å². The van der Waals surface area contributed by atoms with E-state index in [0.717, 1.165) is 12.1 Å². The minimum atomic E-state index is 0.389. The maximum Gasteiger partial charge on any atom is 0.138 e. The lowest BCUT2D eigenvalue weighted by atomic mass is 10.2. The van der Waals surface area contributed by atoms with E-state index in [9.17, 15) is 0 Å². The van der Waals surface area contributed by atoms with Crippen molar-refractivity contribution in [1.29, 1.82) is 5.26 Å². The fourth-order valence-electron chi connectivity index (χ4n) is 1.55. The zero-order valence-electron chi connectivity index (χ0n) is 9.81. The monoisotopic (exact) mass is 278 g/mol. The number of halogens is 1. The summed E-state index contributed by atoms with van der Waals surface area (Å²) in [5.74, 6) is 0.534. The summed E-state index contributed by atoms with van der Waals surface area (Å²) in [6.07, 6.45) is 0.786. The van der Waals surface area contributed by atoms with Crippen LogP contribution in [0.1, 0.15) is 16.1 Å². The average Bonchev–Trinajstić information content (AvgIpc) is 2.75. The fourth-order valence-corrected chi connectivity index (χ4v) is 2.52. The van der Waals surface area contributed by atoms with Gasteiger partial charge in [0.25, 0.3) is 0 Å². The molecule has 0 aliphatic rings. The van der Waals surface area contributed by atoms with Crippen LogP contribution in [-0.4, -0.2) is 11.6 Å². The largest absolute Gasteiger partial charge is 0.492 e. The Morgan fingerprint density at radius 2 is 2.33 bits per heavy atom. The maximum atomic E-state index is 9.00. The van der Waals surface area contributed by atoms with Gasteiger partial charge < -0.3 is 4.74 Å². The van der Waals surface area contributed by atoms with E-state index in [1.54, 1.807) is 29.5 Å². The first-order chi connectivity index (χ1) is 8.72. The van der Waals surface area contributed by atoms with Crippen LogP contribution in [0.3, 0.4) is 0 Å². The number of aromatic nitrogens is 1. The van der Waals surface area contributed by atoms with Crippen molar-refractivity contribution in [3.05, 3.63) is 44.9 Å². The molecule has 0 radical (unpaired) electrons. The number of aryl methyl sites for hydroxylation is 1. The molecule has 92 valence electrons. The van der Waals surface area contributed by atoms with Gasteiger partial charge >= 0.3 is 0 Å². The SMILES string of the molecule is Cc1ncsc1CCOc1cccc(Cl)c1C#N. The van der Waals surface area contributed by atoms with Gasteiger partial charge in [0.1, 0.15) is 17.4 Å². The van der Waals surface area contributed by atoms with Crippen LogP contribution in [0.4, 0.5) is 0 Å². The van der Waals surface area contributed by atoms with Crippen molar-refractivity contribution in [1.82, 2.24) is 4.98 Å². The average molecular weight is 279 g/mol. The van der Waals surface area contributed by atoms with Crippen molar-refractivity contribution in [2.75, 3.05) is 6.61 Å². The highest BCUT2D eigenvalue weighted by atomic mass is 35.5. The first-order valence-corrected chi connectivity index (χ1v) is 6.68. The molecule has 0 N–H and O–H groups in total. The van der Waals surface area contributed by atoms with Crippen LogP contribution >= 0.6 is 22.9 Å². The molecule has 0 aliphatic carbocycles. The number of rotatable bonds is 4. The lowest BCUT2D eigenvalue weighted by Gasteiger charge is -2.08. The molecule has 1 aromatic carbocycles. The van der Waals surface area contributed by atoms with Crippen LogP contribution in [-0.2, 0) is 6.42 Å². The van der Waals surface area contributed by atoms with Crippen molar-refractivity contribution in [2.45, 2.75) is 13.3 Å². The standard InChI is InChI=1S/C13H11ClN2OS/c1-9-13(18-8-16-9)5-6-17-12-4-2-3-11(14)10(12)7-15/h2-4,8H,5-6H2,1H3. The van der Waals surface area contributed by atoms with Gasteiger partial charge in [-0.05, 0) is 19.1 Å². The van der Waals surface area contributed by atoms with Gasteiger partial charge in [0.15, 0.2) is 0 Å². The highest BCUT2D eigenvalue weighted by Gasteiger charge is 2.08. The van der Waals surface area contributed by atoms with E-state index >= 15 is 0 Å². The highest BCUT2D eigenvalue weighted by Crippen LogP contribution is 2.25. The molecule has 2 aromatic rings. The van der Waals surface area contributed by atoms with Gasteiger partial charge in [0, 0.05) is 11.3 Å². The van der Waals surface area contributed by atoms with Gasteiger partial charge in [-0.25, -0.2) is 4.98 Å². The summed E-state index contributed by atoms with van der Waals surface area (Å²) in [4.78, 5) is 5.38. The van der Waals surface area contributed by atoms with E-state index in [-0.39, 0.29) is 0 Å². The number of nitrogens with zero attached hydrogens (tertiary/aromatic N) is 2. The molecule has 0 fully saturated rings. The third-order valence-corrected chi connectivity index (χ3v) is 3.83. The second kappa shape index (κ2) is 5.85. The van der Waals surface area contributed by atoms with Crippen LogP contribution < -0.4 is 4.74 Å². The third kappa shape index (κ3) is 2.81. The van der Waals surface area contributed by atoms with E-state index in [4.69, 9.17) is 21.6 Å². The minimum Gasteiger partial charge on any atom is -0.492 e. The Morgan fingerprint density at radius 1 is 1.50 bits per heavy atom. The molecule has 1 aromatic heterocycles. The molecule has 0 aliphatic heterocycles. The topological polar surface area (TPSA) is 45.9 Å². The molecule has 0 unspecified atom stereocenters. The molecular weight excluding hydrogens is 268 g/mol. The van der Waals surface area contributed by atoms with Crippen LogP contribution in [0, 0.1) is 18.3 Å². The number of hydrogen-bond donors (Lipinski definition) is 0. The third-order valence-electron chi connectivity index (χ3n) is 2.52. The summed E-state index contributed by atoms with van der Waals surface area (Å²) < 4.78 is 5.61. The van der Waals surface area contributed by atoms with Crippen molar-refractivity contribution in [2.24, 2.45) is 0 Å². The quantitative estimate of drug-likeness (QED) is 0.858. The molecule has 2 rings (SSSR count). The van der Waals surface area contributed by atoms with E-state index in [0.29, 0.717) is 22.9 Å². The first-order valence-electron chi connectivity index (χ1n) is 5.42. The molecular formula is C13H11ClN2OS. The van der Waals surface area contributed by atoms with Crippen LogP contribution in [0.5, 0.6) is 5.75 Å². The minimum absolute atomic E-state index is 0.389. The predicted molar refractivity (Wildman–Crippen MR) is 72.2 cm³/mol. The Morgan fingerprint density at radius 3 is 3.00 bits per heavy atom. The number of thiazole rings is 1. The molecule has 1 heterocycles. The fraction of sp³-hybridized carbons (Fsp3) is 0.231. The Balaban J connectivity index is 2.01. The lowest BCUT2D eigenvalue weighted by Crippen LogP contribution is -2.02. The summed E-state index contributed by atoms with van der Waals surface area (Å²) in [5, 5.41) is 9.42. The summed E-state index contributed by atoms with van der Waals surface area (Å²) >= 11 is 7.54. The maximum absolute atomic E-state index is 9.00. The summed E-state index contributed by atoms with van der Waals surface area (Å²) in [5.41, 5.74) is 3.25. The zero-order chi connectivity index (χ0) is 13.0. The van der Waals surface area contributed by atoms with E-state index in [2.05, 4.69) is 11.1 Å². The molecule has 5 heteroatoms. The molecule has 0 amide bonds. The Bertz CT molecular complexity index is 589. The Hall–Kier alpha value is -1.57. The number of nitriles is 1. The van der Waals surface area contributed by atoms with E-state index in [1.807, 2.05) is 12.4 Å². The predicted octanol–water partition coefficient (Wildman–Crippen LogP) is 3.60. The number of ether oxygens (including phenoxy) is 1. The second-order valence-corrected chi connectivity index (χ2v) is 5.03. The first kappa shape index (κ1) is 12.9. The summed E-state index contributed by atoms with van der Waals surface area (Å²) in [6, 6.07) is 7.26. The van der Waals surface area contributed by atoms with Crippen molar-refractivity contribution in [3.63, 3.8) is 0 Å². The molecule has 3 nitrogen and oxygen atoms in total. The van der Waals surface area contributed by atoms with Gasteiger partial charge in [-0.15, -0.1) is 11.3 Å².